The Morgan fingerprint density at radius 3 is 2.44 bits per heavy atom. The third kappa shape index (κ3) is 2.25. The molecule has 1 heterocycles. The molecule has 1 aliphatic rings. The van der Waals surface area contributed by atoms with Crippen molar-refractivity contribution >= 4 is 9.84 Å². The minimum Gasteiger partial charge on any atom is -0.384 e. The van der Waals surface area contributed by atoms with Crippen LogP contribution in [0.5, 0.6) is 0 Å². The summed E-state index contributed by atoms with van der Waals surface area (Å²) < 4.78 is 35.7. The molecule has 1 aromatic rings. The molecule has 1 N–H and O–H groups in total. The molecule has 16 heavy (non-hydrogen) atoms. The Hall–Kier alpha value is -0.940. The molecule has 0 aliphatic carbocycles. The van der Waals surface area contributed by atoms with Gasteiger partial charge in [-0.3, -0.25) is 0 Å². The molecule has 0 saturated carbocycles. The predicted octanol–water partition coefficient (Wildman–Crippen LogP) is 1.22. The lowest BCUT2D eigenvalue weighted by Gasteiger charge is -2.32. The van der Waals surface area contributed by atoms with Gasteiger partial charge in [0.15, 0.2) is 9.84 Å². The summed E-state index contributed by atoms with van der Waals surface area (Å²) in [5.74, 6) is -0.548. The molecule has 0 amide bonds. The van der Waals surface area contributed by atoms with E-state index in [1.165, 1.54) is 24.3 Å². The molecule has 1 aromatic carbocycles. The van der Waals surface area contributed by atoms with Crippen LogP contribution in [0.4, 0.5) is 4.39 Å². The van der Waals surface area contributed by atoms with E-state index >= 15 is 0 Å². The van der Waals surface area contributed by atoms with Crippen molar-refractivity contribution < 1.29 is 17.9 Å². The van der Waals surface area contributed by atoms with Crippen LogP contribution in [0.25, 0.3) is 0 Å². The van der Waals surface area contributed by atoms with Gasteiger partial charge in [0.1, 0.15) is 11.4 Å². The second-order valence-corrected chi connectivity index (χ2v) is 6.42. The summed E-state index contributed by atoms with van der Waals surface area (Å²) in [6.07, 6.45) is 0.841. The van der Waals surface area contributed by atoms with Crippen LogP contribution in [0.3, 0.4) is 0 Å². The maximum atomic E-state index is 12.7. The van der Waals surface area contributed by atoms with E-state index < -0.39 is 21.3 Å². The van der Waals surface area contributed by atoms with Crippen LogP contribution in [0.1, 0.15) is 18.4 Å². The highest BCUT2D eigenvalue weighted by atomic mass is 32.2. The van der Waals surface area contributed by atoms with Gasteiger partial charge in [0.2, 0.25) is 0 Å². The van der Waals surface area contributed by atoms with Gasteiger partial charge in [-0.15, -0.1) is 0 Å². The van der Waals surface area contributed by atoms with Crippen LogP contribution >= 0.6 is 0 Å². The number of hydrogen-bond acceptors (Lipinski definition) is 3. The lowest BCUT2D eigenvalue weighted by atomic mass is 9.91. The fourth-order valence-electron chi connectivity index (χ4n) is 2.08. The first-order chi connectivity index (χ1) is 7.41. The summed E-state index contributed by atoms with van der Waals surface area (Å²) in [4.78, 5) is 0. The normalized spacial score (nSPS) is 28.9. The fraction of sp³-hybridized carbons (Fsp3) is 0.455. The van der Waals surface area contributed by atoms with Crippen molar-refractivity contribution in [3.63, 3.8) is 0 Å². The minimum absolute atomic E-state index is 0.122. The Labute approximate surface area is 93.8 Å². The second-order valence-electron chi connectivity index (χ2n) is 4.23. The lowest BCUT2D eigenvalue weighted by molar-refractivity contribution is 0.0466. The van der Waals surface area contributed by atoms with Crippen molar-refractivity contribution in [3.05, 3.63) is 35.6 Å². The van der Waals surface area contributed by atoms with Crippen LogP contribution in [0, 0.1) is 5.82 Å². The summed E-state index contributed by atoms with van der Waals surface area (Å²) in [7, 11) is -3.19. The van der Waals surface area contributed by atoms with E-state index in [0.717, 1.165) is 0 Å². The predicted molar refractivity (Wildman–Crippen MR) is 58.2 cm³/mol. The van der Waals surface area contributed by atoms with Crippen molar-refractivity contribution in [2.75, 3.05) is 11.5 Å². The van der Waals surface area contributed by atoms with E-state index in [9.17, 15) is 17.9 Å². The van der Waals surface area contributed by atoms with Crippen molar-refractivity contribution in [2.45, 2.75) is 18.4 Å². The third-order valence-electron chi connectivity index (χ3n) is 2.89. The second kappa shape index (κ2) is 3.82. The van der Waals surface area contributed by atoms with Crippen LogP contribution < -0.4 is 0 Å². The smallest absolute Gasteiger partial charge is 0.153 e. The van der Waals surface area contributed by atoms with E-state index in [1.54, 1.807) is 0 Å². The number of sulfone groups is 1. The number of halogens is 1. The van der Waals surface area contributed by atoms with Gasteiger partial charge in [-0.25, -0.2) is 12.8 Å². The average molecular weight is 244 g/mol. The Morgan fingerprint density at radius 1 is 1.25 bits per heavy atom. The van der Waals surface area contributed by atoms with Crippen molar-refractivity contribution in [3.8, 4) is 0 Å². The van der Waals surface area contributed by atoms with Crippen LogP contribution in [0.2, 0.25) is 0 Å². The van der Waals surface area contributed by atoms with Gasteiger partial charge in [0.25, 0.3) is 0 Å². The van der Waals surface area contributed by atoms with E-state index in [0.29, 0.717) is 18.4 Å². The molecule has 2 rings (SSSR count). The molecule has 0 radical (unpaired) electrons. The largest absolute Gasteiger partial charge is 0.384 e. The number of aliphatic hydroxyl groups is 1. The van der Waals surface area contributed by atoms with Gasteiger partial charge >= 0.3 is 0 Å². The third-order valence-corrected chi connectivity index (χ3v) is 4.71. The number of rotatable bonds is 1. The zero-order valence-corrected chi connectivity index (χ0v) is 9.50. The highest BCUT2D eigenvalue weighted by Crippen LogP contribution is 2.32. The van der Waals surface area contributed by atoms with Gasteiger partial charge in [-0.2, -0.15) is 0 Å². The number of benzene rings is 1. The summed E-state index contributed by atoms with van der Waals surface area (Å²) in [6.45, 7) is 0. The first-order valence-corrected chi connectivity index (χ1v) is 6.92. The Balaban J connectivity index is 2.35. The maximum Gasteiger partial charge on any atom is 0.153 e. The van der Waals surface area contributed by atoms with E-state index in [2.05, 4.69) is 0 Å². The Morgan fingerprint density at radius 2 is 1.88 bits per heavy atom. The quantitative estimate of drug-likeness (QED) is 0.808. The van der Waals surface area contributed by atoms with Crippen LogP contribution in [-0.2, 0) is 15.4 Å². The van der Waals surface area contributed by atoms with Crippen LogP contribution in [0.15, 0.2) is 24.3 Å². The molecular formula is C11H13FO3S. The molecule has 0 bridgehead atoms. The molecule has 1 unspecified atom stereocenters. The van der Waals surface area contributed by atoms with Gasteiger partial charge in [0, 0.05) is 0 Å². The molecule has 1 aliphatic heterocycles. The first-order valence-electron chi connectivity index (χ1n) is 5.10. The standard InChI is InChI=1S/C11H13FO3S/c12-10-4-2-9(3-5-10)11(13)6-1-7-16(14,15)8-11/h2-5,13H,1,6-8H2. The average Bonchev–Trinajstić information content (AvgIpc) is 2.16. The molecule has 0 spiro atoms. The van der Waals surface area contributed by atoms with Crippen molar-refractivity contribution in [2.24, 2.45) is 0 Å². The first kappa shape index (κ1) is 11.5. The highest BCUT2D eigenvalue weighted by molar-refractivity contribution is 7.91. The molecular weight excluding hydrogens is 231 g/mol. The highest BCUT2D eigenvalue weighted by Gasteiger charge is 2.38. The monoisotopic (exact) mass is 244 g/mol. The Bertz CT molecular complexity index is 480. The van der Waals surface area contributed by atoms with Crippen molar-refractivity contribution in [1.82, 2.24) is 0 Å². The lowest BCUT2D eigenvalue weighted by Crippen LogP contribution is -2.39. The zero-order chi connectivity index (χ0) is 11.8. The van der Waals surface area contributed by atoms with E-state index in [4.69, 9.17) is 0 Å². The summed E-state index contributed by atoms with van der Waals surface area (Å²) in [5, 5.41) is 10.3. The molecule has 88 valence electrons. The van der Waals surface area contributed by atoms with E-state index in [1.807, 2.05) is 0 Å². The van der Waals surface area contributed by atoms with Crippen LogP contribution in [-0.4, -0.2) is 25.0 Å². The van der Waals surface area contributed by atoms with Crippen molar-refractivity contribution in [1.29, 1.82) is 0 Å². The van der Waals surface area contributed by atoms with Gasteiger partial charge < -0.3 is 5.11 Å². The topological polar surface area (TPSA) is 54.4 Å². The maximum absolute atomic E-state index is 12.7. The fourth-order valence-corrected chi connectivity index (χ4v) is 3.85. The molecule has 0 aromatic heterocycles. The van der Waals surface area contributed by atoms with Gasteiger partial charge in [-0.05, 0) is 30.5 Å². The molecule has 1 fully saturated rings. The molecule has 1 saturated heterocycles. The molecule has 1 atom stereocenters. The summed E-state index contributed by atoms with van der Waals surface area (Å²) >= 11 is 0. The van der Waals surface area contributed by atoms with Gasteiger partial charge in [0.05, 0.1) is 11.5 Å². The minimum atomic E-state index is -3.19. The zero-order valence-electron chi connectivity index (χ0n) is 8.69. The summed E-state index contributed by atoms with van der Waals surface area (Å²) in [5.41, 5.74) is -0.887. The Kier molecular flexibility index (Phi) is 2.75. The van der Waals surface area contributed by atoms with E-state index in [-0.39, 0.29) is 11.5 Å². The molecule has 5 heteroatoms. The number of hydrogen-bond donors (Lipinski definition) is 1. The summed E-state index contributed by atoms with van der Waals surface area (Å²) in [6, 6.07) is 5.34. The molecule has 3 nitrogen and oxygen atoms in total. The SMILES string of the molecule is O=S1(=O)CCCC(O)(c2ccc(F)cc2)C1. The van der Waals surface area contributed by atoms with Gasteiger partial charge in [-0.1, -0.05) is 12.1 Å².